The van der Waals surface area contributed by atoms with Gasteiger partial charge in [0.1, 0.15) is 12.0 Å². The van der Waals surface area contributed by atoms with Crippen LogP contribution in [0.4, 0.5) is 17.3 Å². The maximum atomic E-state index is 6.42. The number of hydrogen-bond acceptors (Lipinski definition) is 9. The molecule has 10 nitrogen and oxygen atoms in total. The second kappa shape index (κ2) is 9.31. The minimum absolute atomic E-state index is 0.305. The van der Waals surface area contributed by atoms with Gasteiger partial charge < -0.3 is 30.0 Å². The van der Waals surface area contributed by atoms with Gasteiger partial charge in [-0.2, -0.15) is 0 Å². The van der Waals surface area contributed by atoms with Gasteiger partial charge in [-0.25, -0.2) is 15.0 Å². The molecule has 0 unspecified atom stereocenters. The van der Waals surface area contributed by atoms with E-state index in [-0.39, 0.29) is 0 Å². The molecule has 1 fully saturated rings. The molecular formula is C22H28N8O2. The Bertz CT molecular complexity index is 1030. The van der Waals surface area contributed by atoms with Crippen LogP contribution in [-0.4, -0.2) is 63.9 Å². The van der Waals surface area contributed by atoms with Crippen LogP contribution in [0.2, 0.25) is 0 Å². The van der Waals surface area contributed by atoms with Crippen molar-refractivity contribution in [2.24, 2.45) is 0 Å². The normalized spacial score (nSPS) is 15.8. The molecule has 2 aliphatic rings. The minimum atomic E-state index is 0.305. The zero-order valence-corrected chi connectivity index (χ0v) is 18.0. The minimum Gasteiger partial charge on any atom is -0.454 e. The average molecular weight is 437 g/mol. The highest BCUT2D eigenvalue weighted by molar-refractivity contribution is 5.75. The number of nitrogen functional groups attached to an aromatic ring is 1. The summed E-state index contributed by atoms with van der Waals surface area (Å²) in [6.45, 7) is 6.47. The van der Waals surface area contributed by atoms with Crippen LogP contribution < -0.4 is 25.4 Å². The smallest absolute Gasteiger partial charge is 0.231 e. The lowest BCUT2D eigenvalue weighted by molar-refractivity contribution is 0.174. The molecule has 168 valence electrons. The largest absolute Gasteiger partial charge is 0.454 e. The van der Waals surface area contributed by atoms with Gasteiger partial charge in [0.25, 0.3) is 0 Å². The number of aromatic nitrogens is 4. The van der Waals surface area contributed by atoms with Crippen molar-refractivity contribution in [2.45, 2.75) is 19.5 Å². The van der Waals surface area contributed by atoms with E-state index in [1.807, 2.05) is 18.6 Å². The number of rotatable bonds is 8. The number of hydrogen-bond donors (Lipinski definition) is 2. The second-order valence-electron chi connectivity index (χ2n) is 7.99. The number of nitrogens with zero attached hydrogens (tertiary/aromatic N) is 6. The van der Waals surface area contributed by atoms with Gasteiger partial charge in [0.2, 0.25) is 6.79 Å². The monoisotopic (exact) mass is 436 g/mol. The first-order valence-electron chi connectivity index (χ1n) is 10.9. The molecule has 2 aliphatic heterocycles. The molecular weight excluding hydrogens is 408 g/mol. The van der Waals surface area contributed by atoms with Gasteiger partial charge in [0.05, 0.1) is 6.33 Å². The predicted octanol–water partition coefficient (Wildman–Crippen LogP) is 1.81. The number of anilines is 3. The number of benzene rings is 1. The Morgan fingerprint density at radius 3 is 2.78 bits per heavy atom. The first-order valence-corrected chi connectivity index (χ1v) is 10.9. The van der Waals surface area contributed by atoms with Gasteiger partial charge in [-0.15, -0.1) is 0 Å². The third-order valence-electron chi connectivity index (χ3n) is 5.82. The highest BCUT2D eigenvalue weighted by atomic mass is 16.7. The third-order valence-corrected chi connectivity index (χ3v) is 5.82. The number of ether oxygens (including phenoxy) is 2. The van der Waals surface area contributed by atoms with E-state index in [4.69, 9.17) is 15.2 Å². The highest BCUT2D eigenvalue weighted by Gasteiger charge is 2.22. The van der Waals surface area contributed by atoms with E-state index in [0.29, 0.717) is 18.3 Å². The van der Waals surface area contributed by atoms with Gasteiger partial charge in [-0.3, -0.25) is 4.90 Å². The van der Waals surface area contributed by atoms with Gasteiger partial charge in [-0.05, 0) is 24.1 Å². The molecule has 5 rings (SSSR count). The summed E-state index contributed by atoms with van der Waals surface area (Å²) in [5.74, 6) is 3.16. The molecule has 1 saturated heterocycles. The zero-order chi connectivity index (χ0) is 21.8. The molecule has 10 heteroatoms. The van der Waals surface area contributed by atoms with Crippen molar-refractivity contribution >= 4 is 17.3 Å². The topological polar surface area (TPSA) is 107 Å². The molecule has 0 spiro atoms. The van der Waals surface area contributed by atoms with Gasteiger partial charge >= 0.3 is 0 Å². The van der Waals surface area contributed by atoms with Crippen LogP contribution in [-0.2, 0) is 13.1 Å². The summed E-state index contributed by atoms with van der Waals surface area (Å²) in [6, 6.07) is 6.16. The molecule has 4 heterocycles. The maximum Gasteiger partial charge on any atom is 0.231 e. The Kier molecular flexibility index (Phi) is 5.93. The van der Waals surface area contributed by atoms with Gasteiger partial charge in [-0.1, -0.05) is 6.07 Å². The quantitative estimate of drug-likeness (QED) is 0.511. The van der Waals surface area contributed by atoms with Crippen molar-refractivity contribution in [2.75, 3.05) is 55.5 Å². The predicted molar refractivity (Wildman–Crippen MR) is 122 cm³/mol. The summed E-state index contributed by atoms with van der Waals surface area (Å²) in [4.78, 5) is 17.5. The van der Waals surface area contributed by atoms with Crippen LogP contribution >= 0.6 is 0 Å². The van der Waals surface area contributed by atoms with Crippen molar-refractivity contribution < 1.29 is 9.47 Å². The van der Waals surface area contributed by atoms with E-state index in [1.54, 1.807) is 12.5 Å². The van der Waals surface area contributed by atoms with Crippen molar-refractivity contribution in [3.8, 4) is 11.5 Å². The van der Waals surface area contributed by atoms with Crippen LogP contribution in [0, 0.1) is 0 Å². The lowest BCUT2D eigenvalue weighted by Gasteiger charge is -2.36. The van der Waals surface area contributed by atoms with Gasteiger partial charge in [0.15, 0.2) is 23.1 Å². The van der Waals surface area contributed by atoms with Crippen molar-refractivity contribution in [3.05, 3.63) is 48.8 Å². The zero-order valence-electron chi connectivity index (χ0n) is 18.0. The standard InChI is InChI=1S/C22H28N8O2/c23-20-21(25-4-1-6-29-7-5-24-15-29)26-14-27-22(20)30-10-8-28(9-11-30)13-17-2-3-18-19(12-17)32-16-31-18/h2-3,5,7,12,14-15H,1,4,6,8-11,13,16,23H2,(H,25,26,27). The van der Waals surface area contributed by atoms with Crippen LogP contribution in [0.3, 0.4) is 0 Å². The number of piperazine rings is 1. The average Bonchev–Trinajstić information content (AvgIpc) is 3.50. The Balaban J connectivity index is 1.13. The fourth-order valence-corrected chi connectivity index (χ4v) is 4.08. The number of nitrogens with two attached hydrogens (primary N) is 1. The van der Waals surface area contributed by atoms with E-state index in [2.05, 4.69) is 46.8 Å². The van der Waals surface area contributed by atoms with E-state index in [0.717, 1.165) is 69.6 Å². The Morgan fingerprint density at radius 1 is 1.06 bits per heavy atom. The van der Waals surface area contributed by atoms with Crippen LogP contribution in [0.1, 0.15) is 12.0 Å². The van der Waals surface area contributed by atoms with Crippen molar-refractivity contribution in [1.29, 1.82) is 0 Å². The number of imidazole rings is 1. The lowest BCUT2D eigenvalue weighted by Crippen LogP contribution is -2.46. The molecule has 0 radical (unpaired) electrons. The number of fused-ring (bicyclic) bond motifs is 1. The summed E-state index contributed by atoms with van der Waals surface area (Å²) in [7, 11) is 0. The molecule has 32 heavy (non-hydrogen) atoms. The summed E-state index contributed by atoms with van der Waals surface area (Å²) >= 11 is 0. The first-order chi connectivity index (χ1) is 15.8. The SMILES string of the molecule is Nc1c(NCCCn2ccnc2)ncnc1N1CCN(Cc2ccc3c(c2)OCO3)CC1. The summed E-state index contributed by atoms with van der Waals surface area (Å²) in [6.07, 6.45) is 8.11. The fraction of sp³-hybridized carbons (Fsp3) is 0.409. The van der Waals surface area contributed by atoms with Gasteiger partial charge in [0, 0.05) is 58.2 Å². The molecule has 0 atom stereocenters. The highest BCUT2D eigenvalue weighted by Crippen LogP contribution is 2.33. The summed E-state index contributed by atoms with van der Waals surface area (Å²) < 4.78 is 12.9. The Labute approximate surface area is 187 Å². The van der Waals surface area contributed by atoms with E-state index >= 15 is 0 Å². The molecule has 0 aliphatic carbocycles. The van der Waals surface area contributed by atoms with Crippen LogP contribution in [0.15, 0.2) is 43.2 Å². The third kappa shape index (κ3) is 4.54. The number of nitrogens with one attached hydrogen (secondary N) is 1. The van der Waals surface area contributed by atoms with Crippen molar-refractivity contribution in [3.63, 3.8) is 0 Å². The Morgan fingerprint density at radius 2 is 1.94 bits per heavy atom. The maximum absolute atomic E-state index is 6.42. The van der Waals surface area contributed by atoms with Crippen LogP contribution in [0.25, 0.3) is 0 Å². The molecule has 2 aromatic heterocycles. The van der Waals surface area contributed by atoms with E-state index in [1.165, 1.54) is 5.56 Å². The molecule has 3 aromatic rings. The molecule has 0 bridgehead atoms. The number of aryl methyl sites for hydroxylation is 1. The summed E-state index contributed by atoms with van der Waals surface area (Å²) in [5.41, 5.74) is 8.26. The second-order valence-corrected chi connectivity index (χ2v) is 7.99. The Hall–Kier alpha value is -3.53. The molecule has 1 aromatic carbocycles. The molecule has 0 saturated carbocycles. The lowest BCUT2D eigenvalue weighted by atomic mass is 10.1. The molecule has 0 amide bonds. The van der Waals surface area contributed by atoms with E-state index < -0.39 is 0 Å². The first kappa shape index (κ1) is 20.4. The molecule has 3 N–H and O–H groups in total. The van der Waals surface area contributed by atoms with Crippen molar-refractivity contribution in [1.82, 2.24) is 24.4 Å². The summed E-state index contributed by atoms with van der Waals surface area (Å²) in [5, 5.41) is 3.35. The van der Waals surface area contributed by atoms with E-state index in [9.17, 15) is 0 Å². The fourth-order valence-electron chi connectivity index (χ4n) is 4.08. The van der Waals surface area contributed by atoms with Crippen LogP contribution in [0.5, 0.6) is 11.5 Å².